The van der Waals surface area contributed by atoms with Crippen LogP contribution in [0.2, 0.25) is 0 Å². The van der Waals surface area contributed by atoms with Crippen molar-refractivity contribution >= 4 is 18.0 Å². The number of rotatable bonds is 5. The molecule has 2 rings (SSSR count). The largest absolute Gasteiger partial charge is 0.478 e. The van der Waals surface area contributed by atoms with E-state index < -0.39 is 11.9 Å². The second kappa shape index (κ2) is 7.22. The smallest absolute Gasteiger partial charge is 0.337 e. The van der Waals surface area contributed by atoms with Crippen molar-refractivity contribution < 1.29 is 19.4 Å². The molecule has 112 valence electrons. The lowest BCUT2D eigenvalue weighted by Crippen LogP contribution is -2.05. The van der Waals surface area contributed by atoms with Crippen LogP contribution in [0.25, 0.3) is 6.08 Å². The molecule has 2 aromatic carbocycles. The summed E-state index contributed by atoms with van der Waals surface area (Å²) in [6.07, 6.45) is 1.93. The Bertz CT molecular complexity index is 685. The van der Waals surface area contributed by atoms with Gasteiger partial charge < -0.3 is 9.84 Å². The van der Waals surface area contributed by atoms with Gasteiger partial charge in [-0.15, -0.1) is 0 Å². The molecule has 0 aromatic heterocycles. The summed E-state index contributed by atoms with van der Waals surface area (Å²) in [6, 6.07) is 16.0. The van der Waals surface area contributed by atoms with Crippen LogP contribution in [0, 0.1) is 0 Å². The van der Waals surface area contributed by atoms with Gasteiger partial charge in [-0.1, -0.05) is 42.5 Å². The Morgan fingerprint density at radius 1 is 1.05 bits per heavy atom. The topological polar surface area (TPSA) is 63.6 Å². The average Bonchev–Trinajstić information content (AvgIpc) is 2.55. The Balaban J connectivity index is 2.20. The minimum atomic E-state index is -0.958. The first-order valence-corrected chi connectivity index (χ1v) is 6.76. The van der Waals surface area contributed by atoms with E-state index in [-0.39, 0.29) is 12.0 Å². The zero-order valence-corrected chi connectivity index (χ0v) is 12.2. The zero-order chi connectivity index (χ0) is 15.9. The van der Waals surface area contributed by atoms with E-state index in [2.05, 4.69) is 4.74 Å². The summed E-state index contributed by atoms with van der Waals surface area (Å²) in [5.74, 6) is -1.37. The molecule has 22 heavy (non-hydrogen) atoms. The number of carboxylic acids is 1. The lowest BCUT2D eigenvalue weighted by Gasteiger charge is -2.05. The van der Waals surface area contributed by atoms with Crippen LogP contribution in [0.15, 0.2) is 60.2 Å². The second-order valence-electron chi connectivity index (χ2n) is 4.75. The number of methoxy groups -OCH3 is 1. The Morgan fingerprint density at radius 2 is 1.68 bits per heavy atom. The van der Waals surface area contributed by atoms with E-state index in [4.69, 9.17) is 0 Å². The van der Waals surface area contributed by atoms with E-state index in [0.717, 1.165) is 11.1 Å². The number of carboxylic acid groups (broad SMARTS) is 1. The summed E-state index contributed by atoms with van der Waals surface area (Å²) in [6.45, 7) is 0. The molecule has 0 saturated heterocycles. The molecule has 0 spiro atoms. The van der Waals surface area contributed by atoms with Gasteiger partial charge in [0.15, 0.2) is 0 Å². The molecule has 0 heterocycles. The van der Waals surface area contributed by atoms with Crippen LogP contribution in [0.1, 0.15) is 21.5 Å². The molecule has 0 aliphatic rings. The summed E-state index contributed by atoms with van der Waals surface area (Å²) in [4.78, 5) is 22.8. The number of carbonyl (C=O) groups excluding carboxylic acids is 1. The van der Waals surface area contributed by atoms with Crippen LogP contribution in [0.3, 0.4) is 0 Å². The predicted octanol–water partition coefficient (Wildman–Crippen LogP) is 3.18. The zero-order valence-electron chi connectivity index (χ0n) is 12.2. The third kappa shape index (κ3) is 4.06. The lowest BCUT2D eigenvalue weighted by atomic mass is 10.0. The monoisotopic (exact) mass is 296 g/mol. The van der Waals surface area contributed by atoms with E-state index in [1.54, 1.807) is 30.3 Å². The molecule has 0 aliphatic heterocycles. The highest BCUT2D eigenvalue weighted by molar-refractivity contribution is 5.93. The van der Waals surface area contributed by atoms with Gasteiger partial charge in [-0.05, 0) is 29.3 Å². The van der Waals surface area contributed by atoms with E-state index in [9.17, 15) is 14.7 Å². The van der Waals surface area contributed by atoms with Gasteiger partial charge in [-0.25, -0.2) is 9.59 Å². The number of ether oxygens (including phenoxy) is 1. The predicted molar refractivity (Wildman–Crippen MR) is 83.5 cm³/mol. The van der Waals surface area contributed by atoms with E-state index in [1.165, 1.54) is 7.11 Å². The normalized spacial score (nSPS) is 11.0. The van der Waals surface area contributed by atoms with Crippen molar-refractivity contribution in [1.29, 1.82) is 0 Å². The van der Waals surface area contributed by atoms with Crippen LogP contribution >= 0.6 is 0 Å². The highest BCUT2D eigenvalue weighted by Crippen LogP contribution is 2.14. The fourth-order valence-corrected chi connectivity index (χ4v) is 2.04. The van der Waals surface area contributed by atoms with Crippen molar-refractivity contribution in [2.75, 3.05) is 7.11 Å². The standard InChI is InChI=1S/C18H16O4/c1-22-18(21)15-9-7-14(8-10-15)12-16(17(19)20)11-13-5-3-2-4-6-13/h2-11H,12H2,1H3,(H,19,20). The molecule has 4 nitrogen and oxygen atoms in total. The summed E-state index contributed by atoms with van der Waals surface area (Å²) >= 11 is 0. The van der Waals surface area contributed by atoms with Crippen LogP contribution in [-0.4, -0.2) is 24.2 Å². The Kier molecular flexibility index (Phi) is 5.09. The number of benzene rings is 2. The van der Waals surface area contributed by atoms with Gasteiger partial charge in [-0.2, -0.15) is 0 Å². The molecule has 4 heteroatoms. The van der Waals surface area contributed by atoms with Gasteiger partial charge in [0.2, 0.25) is 0 Å². The molecule has 1 N–H and O–H groups in total. The van der Waals surface area contributed by atoms with Crippen molar-refractivity contribution in [2.45, 2.75) is 6.42 Å². The lowest BCUT2D eigenvalue weighted by molar-refractivity contribution is -0.132. The van der Waals surface area contributed by atoms with Gasteiger partial charge >= 0.3 is 11.9 Å². The molecular weight excluding hydrogens is 280 g/mol. The van der Waals surface area contributed by atoms with Gasteiger partial charge in [-0.3, -0.25) is 0 Å². The SMILES string of the molecule is COC(=O)c1ccc(CC(=Cc2ccccc2)C(=O)O)cc1. The van der Waals surface area contributed by atoms with Crippen LogP contribution < -0.4 is 0 Å². The number of carbonyl (C=O) groups is 2. The van der Waals surface area contributed by atoms with Gasteiger partial charge in [0, 0.05) is 12.0 Å². The molecule has 0 unspecified atom stereocenters. The van der Waals surface area contributed by atoms with Crippen LogP contribution in [0.5, 0.6) is 0 Å². The minimum absolute atomic E-state index is 0.283. The first-order valence-electron chi connectivity index (χ1n) is 6.76. The number of aliphatic carboxylic acids is 1. The van der Waals surface area contributed by atoms with Gasteiger partial charge in [0.25, 0.3) is 0 Å². The molecule has 0 fully saturated rings. The van der Waals surface area contributed by atoms with Gasteiger partial charge in [0.05, 0.1) is 12.7 Å². The first-order chi connectivity index (χ1) is 10.6. The summed E-state index contributed by atoms with van der Waals surface area (Å²) in [7, 11) is 1.32. The molecule has 0 saturated carbocycles. The summed E-state index contributed by atoms with van der Waals surface area (Å²) in [5, 5.41) is 9.33. The Labute approximate surface area is 128 Å². The number of hydrogen-bond donors (Lipinski definition) is 1. The van der Waals surface area contributed by atoms with E-state index in [0.29, 0.717) is 5.56 Å². The maximum Gasteiger partial charge on any atom is 0.337 e. The fourth-order valence-electron chi connectivity index (χ4n) is 2.04. The molecule has 0 atom stereocenters. The number of esters is 1. The maximum absolute atomic E-state index is 11.4. The van der Waals surface area contributed by atoms with Gasteiger partial charge in [0.1, 0.15) is 0 Å². The molecule has 0 bridgehead atoms. The van der Waals surface area contributed by atoms with Crippen molar-refractivity contribution in [2.24, 2.45) is 0 Å². The third-order valence-electron chi connectivity index (χ3n) is 3.18. The second-order valence-corrected chi connectivity index (χ2v) is 4.75. The Morgan fingerprint density at radius 3 is 2.23 bits per heavy atom. The van der Waals surface area contributed by atoms with Crippen molar-refractivity contribution in [3.8, 4) is 0 Å². The molecule has 0 amide bonds. The Hall–Kier alpha value is -2.88. The third-order valence-corrected chi connectivity index (χ3v) is 3.18. The van der Waals surface area contributed by atoms with Crippen LogP contribution in [0.4, 0.5) is 0 Å². The van der Waals surface area contributed by atoms with E-state index in [1.807, 2.05) is 30.3 Å². The number of hydrogen-bond acceptors (Lipinski definition) is 3. The highest BCUT2D eigenvalue weighted by Gasteiger charge is 2.10. The van der Waals surface area contributed by atoms with Crippen molar-refractivity contribution in [3.63, 3.8) is 0 Å². The summed E-state index contributed by atoms with van der Waals surface area (Å²) < 4.78 is 4.63. The maximum atomic E-state index is 11.4. The fraction of sp³-hybridized carbons (Fsp3) is 0.111. The highest BCUT2D eigenvalue weighted by atomic mass is 16.5. The summed E-state index contributed by atoms with van der Waals surface area (Å²) in [5.41, 5.74) is 2.38. The first kappa shape index (κ1) is 15.5. The molecule has 0 aliphatic carbocycles. The van der Waals surface area contributed by atoms with Crippen molar-refractivity contribution in [3.05, 3.63) is 76.9 Å². The molecule has 2 aromatic rings. The average molecular weight is 296 g/mol. The van der Waals surface area contributed by atoms with Crippen LogP contribution in [-0.2, 0) is 16.0 Å². The molecule has 0 radical (unpaired) electrons. The van der Waals surface area contributed by atoms with Crippen molar-refractivity contribution in [1.82, 2.24) is 0 Å². The molecular formula is C18H16O4. The van der Waals surface area contributed by atoms with E-state index >= 15 is 0 Å². The minimum Gasteiger partial charge on any atom is -0.478 e. The quantitative estimate of drug-likeness (QED) is 0.680.